The van der Waals surface area contributed by atoms with Gasteiger partial charge in [0.1, 0.15) is 18.1 Å². The molecular formula is C31H37N7O5. The Kier molecular flexibility index (Phi) is 10.3. The van der Waals surface area contributed by atoms with Gasteiger partial charge in [-0.15, -0.1) is 0 Å². The molecule has 0 aliphatic carbocycles. The zero-order valence-electron chi connectivity index (χ0n) is 24.0. The average Bonchev–Trinajstić information content (AvgIpc) is 3.66. The molecule has 226 valence electrons. The highest BCUT2D eigenvalue weighted by Gasteiger charge is 2.32. The smallest absolute Gasteiger partial charge is 0.326 e. The number of carboxylic acid groups (broad SMARTS) is 1. The maximum absolute atomic E-state index is 13.7. The number of H-pyrrole nitrogens is 2. The van der Waals surface area contributed by atoms with Crippen molar-refractivity contribution >= 4 is 34.6 Å². The third-order valence-corrected chi connectivity index (χ3v) is 7.26. The van der Waals surface area contributed by atoms with Gasteiger partial charge in [0, 0.05) is 48.3 Å². The highest BCUT2D eigenvalue weighted by molar-refractivity contribution is 5.95. The van der Waals surface area contributed by atoms with Crippen LogP contribution in [0.1, 0.15) is 30.7 Å². The Balaban J connectivity index is 1.60. The van der Waals surface area contributed by atoms with Crippen LogP contribution in [0.5, 0.6) is 0 Å². The van der Waals surface area contributed by atoms with Crippen LogP contribution in [0.15, 0.2) is 73.3 Å². The number of imidazole rings is 1. The Morgan fingerprint density at radius 3 is 2.09 bits per heavy atom. The lowest BCUT2D eigenvalue weighted by molar-refractivity contribution is -0.142. The fraction of sp³-hybridized carbons (Fsp3) is 0.323. The number of fused-ring (bicyclic) bond motifs is 1. The van der Waals surface area contributed by atoms with Gasteiger partial charge in [-0.1, -0.05) is 62.4 Å². The van der Waals surface area contributed by atoms with Crippen LogP contribution in [-0.2, 0) is 38.4 Å². The van der Waals surface area contributed by atoms with Crippen molar-refractivity contribution in [2.45, 2.75) is 57.3 Å². The quantitative estimate of drug-likeness (QED) is 0.116. The summed E-state index contributed by atoms with van der Waals surface area (Å²) >= 11 is 0. The molecule has 2 aromatic carbocycles. The van der Waals surface area contributed by atoms with E-state index in [0.717, 1.165) is 22.0 Å². The Bertz CT molecular complexity index is 1530. The molecule has 12 nitrogen and oxygen atoms in total. The molecule has 4 atom stereocenters. The second-order valence-electron chi connectivity index (χ2n) is 10.8. The molecule has 0 saturated carbocycles. The fourth-order valence-corrected chi connectivity index (χ4v) is 4.72. The van der Waals surface area contributed by atoms with E-state index in [2.05, 4.69) is 30.9 Å². The average molecular weight is 588 g/mol. The minimum Gasteiger partial charge on any atom is -0.480 e. The molecule has 0 aliphatic rings. The van der Waals surface area contributed by atoms with Gasteiger partial charge in [-0.05, 0) is 23.1 Å². The molecule has 2 heterocycles. The van der Waals surface area contributed by atoms with Crippen molar-refractivity contribution < 1.29 is 24.3 Å². The molecule has 0 aliphatic heterocycles. The zero-order valence-corrected chi connectivity index (χ0v) is 24.0. The molecule has 4 unspecified atom stereocenters. The fourth-order valence-electron chi connectivity index (χ4n) is 4.72. The predicted octanol–water partition coefficient (Wildman–Crippen LogP) is 1.44. The van der Waals surface area contributed by atoms with Crippen LogP contribution in [0.3, 0.4) is 0 Å². The lowest BCUT2D eigenvalue weighted by atomic mass is 10.0. The number of hydrogen-bond acceptors (Lipinski definition) is 6. The first kappa shape index (κ1) is 31.0. The van der Waals surface area contributed by atoms with Gasteiger partial charge in [0.05, 0.1) is 12.4 Å². The van der Waals surface area contributed by atoms with E-state index in [4.69, 9.17) is 5.73 Å². The topological polar surface area (TPSA) is 195 Å². The van der Waals surface area contributed by atoms with E-state index < -0.39 is 47.9 Å². The van der Waals surface area contributed by atoms with Gasteiger partial charge < -0.3 is 36.8 Å². The van der Waals surface area contributed by atoms with Gasteiger partial charge in [-0.3, -0.25) is 14.4 Å². The van der Waals surface area contributed by atoms with Crippen LogP contribution in [0, 0.1) is 5.92 Å². The van der Waals surface area contributed by atoms with E-state index in [-0.39, 0.29) is 25.2 Å². The summed E-state index contributed by atoms with van der Waals surface area (Å²) in [5.74, 6) is -3.20. The van der Waals surface area contributed by atoms with E-state index >= 15 is 0 Å². The van der Waals surface area contributed by atoms with E-state index in [1.54, 1.807) is 44.3 Å². The van der Waals surface area contributed by atoms with Gasteiger partial charge in [0.2, 0.25) is 17.7 Å². The van der Waals surface area contributed by atoms with Crippen LogP contribution < -0.4 is 21.7 Å². The molecule has 12 heteroatoms. The number of amides is 3. The third-order valence-electron chi connectivity index (χ3n) is 7.26. The Morgan fingerprint density at radius 1 is 0.814 bits per heavy atom. The van der Waals surface area contributed by atoms with Crippen molar-refractivity contribution in [1.82, 2.24) is 30.9 Å². The summed E-state index contributed by atoms with van der Waals surface area (Å²) in [6, 6.07) is 12.1. The number of aromatic amines is 2. The first-order valence-corrected chi connectivity index (χ1v) is 14.1. The number of carboxylic acids is 1. The molecule has 4 aromatic rings. The van der Waals surface area contributed by atoms with E-state index in [1.165, 1.54) is 12.5 Å². The number of benzene rings is 2. The Hall–Kier alpha value is -4.97. The first-order valence-electron chi connectivity index (χ1n) is 14.1. The highest BCUT2D eigenvalue weighted by atomic mass is 16.4. The van der Waals surface area contributed by atoms with Crippen LogP contribution in [0.2, 0.25) is 0 Å². The number of rotatable bonds is 14. The largest absolute Gasteiger partial charge is 0.480 e. The third kappa shape index (κ3) is 8.29. The van der Waals surface area contributed by atoms with Gasteiger partial charge >= 0.3 is 5.97 Å². The number of hydrogen-bond donors (Lipinski definition) is 7. The number of aliphatic carboxylic acids is 1. The number of nitrogens with one attached hydrogen (secondary N) is 5. The van der Waals surface area contributed by atoms with Gasteiger partial charge in [-0.2, -0.15) is 0 Å². The summed E-state index contributed by atoms with van der Waals surface area (Å²) in [4.78, 5) is 62.4. The number of nitrogens with zero attached hydrogens (tertiary/aromatic N) is 1. The Morgan fingerprint density at radius 2 is 1.44 bits per heavy atom. The molecule has 0 saturated heterocycles. The number of carbonyl (C=O) groups is 4. The van der Waals surface area contributed by atoms with Crippen LogP contribution in [-0.4, -0.2) is 67.9 Å². The second kappa shape index (κ2) is 14.3. The monoisotopic (exact) mass is 587 g/mol. The number of carbonyl (C=O) groups excluding carboxylic acids is 3. The van der Waals surface area contributed by atoms with Crippen molar-refractivity contribution in [3.63, 3.8) is 0 Å². The molecular weight excluding hydrogens is 550 g/mol. The van der Waals surface area contributed by atoms with Gasteiger partial charge in [0.15, 0.2) is 0 Å². The van der Waals surface area contributed by atoms with Crippen molar-refractivity contribution in [2.75, 3.05) is 0 Å². The van der Waals surface area contributed by atoms with Gasteiger partial charge in [0.25, 0.3) is 0 Å². The van der Waals surface area contributed by atoms with Crippen molar-refractivity contribution in [3.05, 3.63) is 90.1 Å². The minimum atomic E-state index is -1.23. The molecule has 43 heavy (non-hydrogen) atoms. The zero-order chi connectivity index (χ0) is 30.9. The summed E-state index contributed by atoms with van der Waals surface area (Å²) < 4.78 is 0. The summed E-state index contributed by atoms with van der Waals surface area (Å²) in [7, 11) is 0. The molecule has 3 amide bonds. The molecule has 4 rings (SSSR count). The summed E-state index contributed by atoms with van der Waals surface area (Å²) in [6.07, 6.45) is 4.93. The maximum atomic E-state index is 13.7. The maximum Gasteiger partial charge on any atom is 0.326 e. The lowest BCUT2D eigenvalue weighted by Crippen LogP contribution is -2.58. The van der Waals surface area contributed by atoms with Gasteiger partial charge in [-0.25, -0.2) is 9.78 Å². The number of nitrogens with two attached hydrogens (primary N) is 1. The summed E-state index contributed by atoms with van der Waals surface area (Å²) in [5, 5.41) is 18.8. The normalized spacial score (nSPS) is 14.0. The standard InChI is InChI=1S/C31H37N7O5/c1-18(2)27(32)30(41)37-25(14-21-16-33-17-35-21)29(40)36-24(13-20-15-34-23-11-7-6-10-22(20)23)28(39)38-26(31(42)43)12-19-8-4-3-5-9-19/h3-11,15-18,24-27,34H,12-14,32H2,1-2H3,(H,33,35)(H,36,40)(H,37,41)(H,38,39)(H,42,43). The molecule has 0 bridgehead atoms. The second-order valence-corrected chi connectivity index (χ2v) is 10.8. The molecule has 2 aromatic heterocycles. The number of aromatic nitrogens is 3. The molecule has 0 fully saturated rings. The molecule has 0 radical (unpaired) electrons. The number of para-hydroxylation sites is 1. The van der Waals surface area contributed by atoms with E-state index in [1.807, 2.05) is 30.3 Å². The van der Waals surface area contributed by atoms with Crippen molar-refractivity contribution in [1.29, 1.82) is 0 Å². The van der Waals surface area contributed by atoms with Crippen molar-refractivity contribution in [2.24, 2.45) is 11.7 Å². The van der Waals surface area contributed by atoms with E-state index in [9.17, 15) is 24.3 Å². The molecule has 0 spiro atoms. The van der Waals surface area contributed by atoms with E-state index in [0.29, 0.717) is 5.69 Å². The highest BCUT2D eigenvalue weighted by Crippen LogP contribution is 2.19. The SMILES string of the molecule is CC(C)C(N)C(=O)NC(Cc1cnc[nH]1)C(=O)NC(Cc1c[nH]c2ccccc12)C(=O)NC(Cc1ccccc1)C(=O)O. The van der Waals surface area contributed by atoms with Crippen LogP contribution >= 0.6 is 0 Å². The summed E-state index contributed by atoms with van der Waals surface area (Å²) in [6.45, 7) is 3.59. The molecule has 8 N–H and O–H groups in total. The Labute approximate surface area is 248 Å². The van der Waals surface area contributed by atoms with Crippen molar-refractivity contribution in [3.8, 4) is 0 Å². The summed E-state index contributed by atoms with van der Waals surface area (Å²) in [5.41, 5.74) is 8.96. The predicted molar refractivity (Wildman–Crippen MR) is 161 cm³/mol. The minimum absolute atomic E-state index is 0.0568. The lowest BCUT2D eigenvalue weighted by Gasteiger charge is -2.25. The van der Waals surface area contributed by atoms with Crippen LogP contribution in [0.4, 0.5) is 0 Å². The van der Waals surface area contributed by atoms with Crippen LogP contribution in [0.25, 0.3) is 10.9 Å². The first-order chi connectivity index (χ1) is 20.6.